The second-order valence-electron chi connectivity index (χ2n) is 3.74. The van der Waals surface area contributed by atoms with Gasteiger partial charge in [0.2, 0.25) is 0 Å². The third-order valence-electron chi connectivity index (χ3n) is 2.63. The van der Waals surface area contributed by atoms with E-state index in [0.717, 1.165) is 12.8 Å². The number of nitrogens with one attached hydrogen (secondary N) is 1. The maximum absolute atomic E-state index is 5.25. The monoisotopic (exact) mass is 233 g/mol. The van der Waals surface area contributed by atoms with Crippen LogP contribution in [0.4, 0.5) is 0 Å². The molecule has 0 heterocycles. The van der Waals surface area contributed by atoms with Crippen LogP contribution in [0.25, 0.3) is 0 Å². The smallest absolute Gasteiger partial charge is 0.0576 e. The Morgan fingerprint density at radius 2 is 2.06 bits per heavy atom. The lowest BCUT2D eigenvalue weighted by Crippen LogP contribution is -2.30. The van der Waals surface area contributed by atoms with Gasteiger partial charge in [0.15, 0.2) is 0 Å². The molecule has 1 rings (SSSR count). The van der Waals surface area contributed by atoms with Crippen molar-refractivity contribution >= 4 is 11.8 Å². The van der Waals surface area contributed by atoms with Crippen molar-refractivity contribution in [2.24, 2.45) is 0 Å². The molecule has 0 fully saturated rings. The summed E-state index contributed by atoms with van der Waals surface area (Å²) in [6, 6.07) is 9.23. The number of thioether (sulfide) groups is 1. The normalized spacial score (nSPS) is 12.1. The van der Waals surface area contributed by atoms with Gasteiger partial charge in [0.25, 0.3) is 0 Å². The largest absolute Gasteiger partial charge is 0.303 e. The molecule has 0 aromatic heterocycles. The summed E-state index contributed by atoms with van der Waals surface area (Å²) in [4.78, 5) is 1.31. The minimum atomic E-state index is 0.483. The lowest BCUT2D eigenvalue weighted by atomic mass is 10.0. The third kappa shape index (κ3) is 4.30. The van der Waals surface area contributed by atoms with Crippen LogP contribution in [0.15, 0.2) is 29.2 Å². The van der Waals surface area contributed by atoms with Crippen molar-refractivity contribution < 1.29 is 0 Å². The summed E-state index contributed by atoms with van der Waals surface area (Å²) in [6.45, 7) is 2.84. The molecular formula is C14H19NS. The van der Waals surface area contributed by atoms with Gasteiger partial charge in [0, 0.05) is 10.9 Å². The summed E-state index contributed by atoms with van der Waals surface area (Å²) in [5.74, 6) is 2.62. The van der Waals surface area contributed by atoms with Crippen LogP contribution in [0.1, 0.15) is 18.9 Å². The van der Waals surface area contributed by atoms with E-state index >= 15 is 0 Å². The zero-order valence-electron chi connectivity index (χ0n) is 9.99. The minimum Gasteiger partial charge on any atom is -0.303 e. The molecule has 0 saturated carbocycles. The molecule has 1 atom stereocenters. The van der Waals surface area contributed by atoms with Crippen LogP contribution in [0, 0.1) is 12.3 Å². The van der Waals surface area contributed by atoms with E-state index in [0.29, 0.717) is 12.6 Å². The average molecular weight is 233 g/mol. The molecule has 16 heavy (non-hydrogen) atoms. The van der Waals surface area contributed by atoms with E-state index in [1.807, 2.05) is 0 Å². The predicted octanol–water partition coefficient (Wildman–Crippen LogP) is 2.95. The predicted molar refractivity (Wildman–Crippen MR) is 72.8 cm³/mol. The Labute approximate surface area is 103 Å². The molecule has 0 radical (unpaired) electrons. The van der Waals surface area contributed by atoms with E-state index in [1.165, 1.54) is 10.5 Å². The highest BCUT2D eigenvalue weighted by Crippen LogP contribution is 2.16. The first kappa shape index (κ1) is 13.2. The third-order valence-corrected chi connectivity index (χ3v) is 3.37. The van der Waals surface area contributed by atoms with Gasteiger partial charge >= 0.3 is 0 Å². The first-order valence-corrected chi connectivity index (χ1v) is 6.82. The highest BCUT2D eigenvalue weighted by Gasteiger charge is 2.05. The summed E-state index contributed by atoms with van der Waals surface area (Å²) in [7, 11) is 0. The fraction of sp³-hybridized carbons (Fsp3) is 0.429. The van der Waals surface area contributed by atoms with Crippen molar-refractivity contribution in [2.75, 3.05) is 12.8 Å². The zero-order chi connectivity index (χ0) is 11.8. The topological polar surface area (TPSA) is 12.0 Å². The van der Waals surface area contributed by atoms with Crippen LogP contribution in [0.3, 0.4) is 0 Å². The molecule has 1 aromatic carbocycles. The molecule has 1 aromatic rings. The minimum absolute atomic E-state index is 0.483. The summed E-state index contributed by atoms with van der Waals surface area (Å²) in [6.07, 6.45) is 9.49. The van der Waals surface area contributed by atoms with E-state index < -0.39 is 0 Å². The molecular weight excluding hydrogens is 214 g/mol. The summed E-state index contributed by atoms with van der Waals surface area (Å²) in [5, 5.41) is 3.35. The second-order valence-corrected chi connectivity index (χ2v) is 4.62. The molecule has 0 amide bonds. The van der Waals surface area contributed by atoms with Gasteiger partial charge in [-0.2, -0.15) is 0 Å². The van der Waals surface area contributed by atoms with E-state index in [4.69, 9.17) is 6.42 Å². The fourth-order valence-electron chi connectivity index (χ4n) is 1.61. The molecule has 0 aliphatic carbocycles. The first-order valence-electron chi connectivity index (χ1n) is 5.60. The van der Waals surface area contributed by atoms with E-state index in [-0.39, 0.29) is 0 Å². The average Bonchev–Trinajstić information content (AvgIpc) is 2.35. The van der Waals surface area contributed by atoms with Gasteiger partial charge in [0.05, 0.1) is 6.54 Å². The SMILES string of the molecule is C#CCNC(CC)Cc1ccc(SC)cc1. The maximum Gasteiger partial charge on any atom is 0.0576 e. The van der Waals surface area contributed by atoms with Gasteiger partial charge in [-0.25, -0.2) is 0 Å². The number of rotatable bonds is 6. The Morgan fingerprint density at radius 1 is 1.38 bits per heavy atom. The Hall–Kier alpha value is -0.910. The van der Waals surface area contributed by atoms with Crippen LogP contribution in [0.2, 0.25) is 0 Å². The van der Waals surface area contributed by atoms with Gasteiger partial charge in [0.1, 0.15) is 0 Å². The van der Waals surface area contributed by atoms with Crippen LogP contribution in [-0.4, -0.2) is 18.8 Å². The molecule has 1 nitrogen and oxygen atoms in total. The Kier molecular flexibility index (Phi) is 6.07. The highest BCUT2D eigenvalue weighted by atomic mass is 32.2. The molecule has 0 aliphatic rings. The number of hydrogen-bond acceptors (Lipinski definition) is 2. The van der Waals surface area contributed by atoms with Gasteiger partial charge < -0.3 is 5.32 Å². The molecule has 0 bridgehead atoms. The van der Waals surface area contributed by atoms with E-state index in [1.54, 1.807) is 11.8 Å². The van der Waals surface area contributed by atoms with Crippen LogP contribution in [0.5, 0.6) is 0 Å². The lowest BCUT2D eigenvalue weighted by molar-refractivity contribution is 0.525. The Morgan fingerprint density at radius 3 is 2.56 bits per heavy atom. The van der Waals surface area contributed by atoms with E-state index in [2.05, 4.69) is 48.7 Å². The van der Waals surface area contributed by atoms with Crippen LogP contribution in [-0.2, 0) is 6.42 Å². The van der Waals surface area contributed by atoms with Gasteiger partial charge in [-0.3, -0.25) is 0 Å². The number of benzene rings is 1. The van der Waals surface area contributed by atoms with Crippen molar-refractivity contribution in [3.8, 4) is 12.3 Å². The quantitative estimate of drug-likeness (QED) is 0.599. The first-order chi connectivity index (χ1) is 7.80. The van der Waals surface area contributed by atoms with Gasteiger partial charge in [-0.15, -0.1) is 18.2 Å². The molecule has 86 valence electrons. The molecule has 0 saturated heterocycles. The molecule has 1 unspecified atom stereocenters. The standard InChI is InChI=1S/C14H19NS/c1-4-10-15-13(5-2)11-12-6-8-14(16-3)9-7-12/h1,6-9,13,15H,5,10-11H2,2-3H3. The Bertz CT molecular complexity index is 337. The maximum atomic E-state index is 5.25. The molecule has 1 N–H and O–H groups in total. The number of hydrogen-bond donors (Lipinski definition) is 1. The van der Waals surface area contributed by atoms with Gasteiger partial charge in [-0.1, -0.05) is 25.0 Å². The molecule has 0 aliphatic heterocycles. The number of terminal acetylenes is 1. The summed E-state index contributed by atoms with van der Waals surface area (Å²) < 4.78 is 0. The fourth-order valence-corrected chi connectivity index (χ4v) is 2.02. The van der Waals surface area contributed by atoms with Crippen LogP contribution >= 0.6 is 11.8 Å². The highest BCUT2D eigenvalue weighted by molar-refractivity contribution is 7.98. The molecule has 2 heteroatoms. The summed E-state index contributed by atoms with van der Waals surface area (Å²) >= 11 is 1.77. The zero-order valence-corrected chi connectivity index (χ0v) is 10.8. The second kappa shape index (κ2) is 7.38. The van der Waals surface area contributed by atoms with Crippen molar-refractivity contribution in [2.45, 2.75) is 30.7 Å². The lowest BCUT2D eigenvalue weighted by Gasteiger charge is -2.15. The van der Waals surface area contributed by atoms with Gasteiger partial charge in [-0.05, 0) is 36.8 Å². The molecule has 0 spiro atoms. The van der Waals surface area contributed by atoms with Crippen molar-refractivity contribution in [1.29, 1.82) is 0 Å². The van der Waals surface area contributed by atoms with Crippen LogP contribution < -0.4 is 5.32 Å². The van der Waals surface area contributed by atoms with Crippen molar-refractivity contribution in [3.05, 3.63) is 29.8 Å². The van der Waals surface area contributed by atoms with E-state index in [9.17, 15) is 0 Å². The van der Waals surface area contributed by atoms with Crippen molar-refractivity contribution in [1.82, 2.24) is 5.32 Å². The summed E-state index contributed by atoms with van der Waals surface area (Å²) in [5.41, 5.74) is 1.37. The Balaban J connectivity index is 2.53. The van der Waals surface area contributed by atoms with Crippen molar-refractivity contribution in [3.63, 3.8) is 0 Å².